The van der Waals surface area contributed by atoms with Crippen LogP contribution in [0.1, 0.15) is 26.7 Å². The minimum atomic E-state index is -1.51. The standard InChI is InChI=1S/C16H28O7/c1-4-16(21,7-5-6-10(2)3)9-22-15-14(20)13(19)12(18)11(8-17)23-15/h4,6,11-15,17-21H,1,5,7-9H2,2-3H3/t11-,12-,13+,14-,15-,16+/m1/s1. The zero-order valence-electron chi connectivity index (χ0n) is 13.6. The topological polar surface area (TPSA) is 120 Å². The van der Waals surface area contributed by atoms with Gasteiger partial charge in [-0.2, -0.15) is 0 Å². The van der Waals surface area contributed by atoms with E-state index in [0.717, 1.165) is 5.57 Å². The van der Waals surface area contributed by atoms with Crippen molar-refractivity contribution in [3.63, 3.8) is 0 Å². The molecule has 1 rings (SSSR count). The van der Waals surface area contributed by atoms with Crippen molar-refractivity contribution in [3.05, 3.63) is 24.3 Å². The smallest absolute Gasteiger partial charge is 0.186 e. The fourth-order valence-corrected chi connectivity index (χ4v) is 2.28. The lowest BCUT2D eigenvalue weighted by Crippen LogP contribution is -2.59. The summed E-state index contributed by atoms with van der Waals surface area (Å²) in [4.78, 5) is 0. The molecule has 7 nitrogen and oxygen atoms in total. The van der Waals surface area contributed by atoms with Crippen LogP contribution in [0.15, 0.2) is 24.3 Å². The molecule has 0 bridgehead atoms. The Balaban J connectivity index is 2.62. The normalized spacial score (nSPS) is 33.8. The van der Waals surface area contributed by atoms with Crippen molar-refractivity contribution < 1.29 is 35.0 Å². The van der Waals surface area contributed by atoms with Crippen LogP contribution in [0, 0.1) is 0 Å². The van der Waals surface area contributed by atoms with Gasteiger partial charge in [-0.25, -0.2) is 0 Å². The minimum Gasteiger partial charge on any atom is -0.394 e. The second kappa shape index (κ2) is 8.89. The molecule has 23 heavy (non-hydrogen) atoms. The molecular formula is C16H28O7. The molecule has 5 N–H and O–H groups in total. The van der Waals surface area contributed by atoms with E-state index in [9.17, 15) is 20.4 Å². The Bertz CT molecular complexity index is 405. The summed E-state index contributed by atoms with van der Waals surface area (Å²) < 4.78 is 10.6. The summed E-state index contributed by atoms with van der Waals surface area (Å²) in [5, 5.41) is 48.8. The summed E-state index contributed by atoms with van der Waals surface area (Å²) in [7, 11) is 0. The van der Waals surface area contributed by atoms with E-state index in [2.05, 4.69) is 6.58 Å². The number of aliphatic hydroxyl groups is 5. The van der Waals surface area contributed by atoms with E-state index < -0.39 is 42.9 Å². The third-order valence-corrected chi connectivity index (χ3v) is 3.86. The molecule has 1 aliphatic rings. The van der Waals surface area contributed by atoms with E-state index in [1.165, 1.54) is 6.08 Å². The Kier molecular flexibility index (Phi) is 7.82. The van der Waals surface area contributed by atoms with Crippen molar-refractivity contribution >= 4 is 0 Å². The van der Waals surface area contributed by atoms with Crippen molar-refractivity contribution in [2.75, 3.05) is 13.2 Å². The lowest BCUT2D eigenvalue weighted by Gasteiger charge is -2.40. The Morgan fingerprint density at radius 1 is 1.22 bits per heavy atom. The van der Waals surface area contributed by atoms with Gasteiger partial charge in [0.05, 0.1) is 13.2 Å². The SMILES string of the molecule is C=C[C@](O)(CCC=C(C)C)CO[C@@H]1O[C@H](CO)[C@@H](O)[C@H](O)[C@H]1O. The average molecular weight is 332 g/mol. The van der Waals surface area contributed by atoms with Gasteiger partial charge >= 0.3 is 0 Å². The largest absolute Gasteiger partial charge is 0.394 e. The van der Waals surface area contributed by atoms with E-state index in [0.29, 0.717) is 12.8 Å². The van der Waals surface area contributed by atoms with Gasteiger partial charge < -0.3 is 35.0 Å². The van der Waals surface area contributed by atoms with Crippen LogP contribution in [-0.2, 0) is 9.47 Å². The summed E-state index contributed by atoms with van der Waals surface area (Å²) in [5.74, 6) is 0. The molecule has 6 atom stereocenters. The average Bonchev–Trinajstić information content (AvgIpc) is 2.51. The number of aliphatic hydroxyl groups excluding tert-OH is 4. The van der Waals surface area contributed by atoms with Crippen molar-refractivity contribution in [3.8, 4) is 0 Å². The quantitative estimate of drug-likeness (QED) is 0.379. The number of hydrogen-bond acceptors (Lipinski definition) is 7. The van der Waals surface area contributed by atoms with E-state index in [4.69, 9.17) is 14.6 Å². The molecule has 1 aliphatic heterocycles. The second-order valence-electron chi connectivity index (χ2n) is 6.14. The van der Waals surface area contributed by atoms with E-state index in [-0.39, 0.29) is 6.61 Å². The fourth-order valence-electron chi connectivity index (χ4n) is 2.28. The molecule has 134 valence electrons. The monoisotopic (exact) mass is 332 g/mol. The van der Waals surface area contributed by atoms with Gasteiger partial charge in [0.1, 0.15) is 30.0 Å². The third kappa shape index (κ3) is 5.65. The molecule has 7 heteroatoms. The Morgan fingerprint density at radius 2 is 1.87 bits per heavy atom. The van der Waals surface area contributed by atoms with Crippen LogP contribution in [0.5, 0.6) is 0 Å². The van der Waals surface area contributed by atoms with Crippen LogP contribution < -0.4 is 0 Å². The van der Waals surface area contributed by atoms with Crippen molar-refractivity contribution in [2.24, 2.45) is 0 Å². The molecule has 1 fully saturated rings. The second-order valence-corrected chi connectivity index (χ2v) is 6.14. The molecule has 0 unspecified atom stereocenters. The third-order valence-electron chi connectivity index (χ3n) is 3.86. The number of rotatable bonds is 8. The van der Waals surface area contributed by atoms with Gasteiger partial charge in [-0.1, -0.05) is 17.7 Å². The molecule has 0 aromatic rings. The van der Waals surface area contributed by atoms with Gasteiger partial charge in [0.25, 0.3) is 0 Å². The van der Waals surface area contributed by atoms with Crippen LogP contribution in [-0.4, -0.2) is 75.1 Å². The van der Waals surface area contributed by atoms with Gasteiger partial charge in [0.15, 0.2) is 6.29 Å². The molecule has 1 heterocycles. The van der Waals surface area contributed by atoms with Crippen molar-refractivity contribution in [2.45, 2.75) is 63.0 Å². The van der Waals surface area contributed by atoms with Crippen molar-refractivity contribution in [1.82, 2.24) is 0 Å². The zero-order chi connectivity index (χ0) is 17.6. The fraction of sp³-hybridized carbons (Fsp3) is 0.750. The molecule has 0 spiro atoms. The Morgan fingerprint density at radius 3 is 2.39 bits per heavy atom. The molecule has 0 amide bonds. The van der Waals surface area contributed by atoms with Gasteiger partial charge in [-0.3, -0.25) is 0 Å². The molecular weight excluding hydrogens is 304 g/mol. The number of allylic oxidation sites excluding steroid dienone is 2. The maximum atomic E-state index is 10.4. The zero-order valence-corrected chi connectivity index (χ0v) is 13.6. The summed E-state index contributed by atoms with van der Waals surface area (Å²) >= 11 is 0. The molecule has 0 aliphatic carbocycles. The molecule has 0 aromatic carbocycles. The first-order valence-corrected chi connectivity index (χ1v) is 7.65. The highest BCUT2D eigenvalue weighted by Crippen LogP contribution is 2.24. The molecule has 1 saturated heterocycles. The lowest BCUT2D eigenvalue weighted by atomic mass is 9.97. The molecule has 0 aromatic heterocycles. The molecule has 0 radical (unpaired) electrons. The van der Waals surface area contributed by atoms with Gasteiger partial charge in [-0.15, -0.1) is 6.58 Å². The first-order chi connectivity index (χ1) is 10.7. The number of ether oxygens (including phenoxy) is 2. The van der Waals surface area contributed by atoms with E-state index in [1.807, 2.05) is 19.9 Å². The Hall–Kier alpha value is -0.800. The maximum absolute atomic E-state index is 10.4. The van der Waals surface area contributed by atoms with Crippen LogP contribution in [0.25, 0.3) is 0 Å². The van der Waals surface area contributed by atoms with Gasteiger partial charge in [0, 0.05) is 0 Å². The van der Waals surface area contributed by atoms with Crippen LogP contribution in [0.4, 0.5) is 0 Å². The highest BCUT2D eigenvalue weighted by atomic mass is 16.7. The van der Waals surface area contributed by atoms with Gasteiger partial charge in [-0.05, 0) is 26.7 Å². The van der Waals surface area contributed by atoms with Crippen molar-refractivity contribution in [1.29, 1.82) is 0 Å². The van der Waals surface area contributed by atoms with E-state index >= 15 is 0 Å². The predicted molar refractivity (Wildman–Crippen MR) is 83.5 cm³/mol. The molecule has 0 saturated carbocycles. The van der Waals surface area contributed by atoms with Gasteiger partial charge in [0.2, 0.25) is 0 Å². The van der Waals surface area contributed by atoms with E-state index in [1.54, 1.807) is 0 Å². The summed E-state index contributed by atoms with van der Waals surface area (Å²) in [6, 6.07) is 0. The van der Waals surface area contributed by atoms with Crippen LogP contribution in [0.2, 0.25) is 0 Å². The summed E-state index contributed by atoms with van der Waals surface area (Å²) in [6.07, 6.45) is -2.40. The highest BCUT2D eigenvalue weighted by molar-refractivity contribution is 5.00. The lowest BCUT2D eigenvalue weighted by molar-refractivity contribution is -0.307. The van der Waals surface area contributed by atoms with Crippen LogP contribution in [0.3, 0.4) is 0 Å². The summed E-state index contributed by atoms with van der Waals surface area (Å²) in [6.45, 7) is 6.77. The first kappa shape index (κ1) is 20.2. The summed E-state index contributed by atoms with van der Waals surface area (Å²) in [5.41, 5.74) is -0.184. The maximum Gasteiger partial charge on any atom is 0.186 e. The predicted octanol–water partition coefficient (Wildman–Crippen LogP) is -0.534. The number of hydrogen-bond donors (Lipinski definition) is 5. The first-order valence-electron chi connectivity index (χ1n) is 7.65. The highest BCUT2D eigenvalue weighted by Gasteiger charge is 2.44. The Labute approximate surface area is 136 Å². The van der Waals surface area contributed by atoms with Crippen LogP contribution >= 0.6 is 0 Å². The minimum absolute atomic E-state index is 0.199.